The molecule has 2 aliphatic rings. The molecule has 0 bridgehead atoms. The highest BCUT2D eigenvalue weighted by atomic mass is 16.5. The maximum Gasteiger partial charge on any atom is 0.193 e. The van der Waals surface area contributed by atoms with Crippen LogP contribution in [0, 0.1) is 11.3 Å². The lowest BCUT2D eigenvalue weighted by molar-refractivity contribution is 0.233. The van der Waals surface area contributed by atoms with E-state index < -0.39 is 0 Å². The van der Waals surface area contributed by atoms with Crippen LogP contribution < -0.4 is 0 Å². The van der Waals surface area contributed by atoms with E-state index in [0.29, 0.717) is 19.6 Å². The molecule has 1 atom stereocenters. The summed E-state index contributed by atoms with van der Waals surface area (Å²) >= 11 is 0. The number of nitrogens with zero attached hydrogens (tertiary/aromatic N) is 2. The lowest BCUT2D eigenvalue weighted by Gasteiger charge is -2.21. The van der Waals surface area contributed by atoms with Gasteiger partial charge in [-0.1, -0.05) is 55.4 Å². The molecule has 124 valence electrons. The number of hydrogen-bond donors (Lipinski definition) is 0. The minimum Gasteiger partial charge on any atom is -0.479 e. The van der Waals surface area contributed by atoms with Gasteiger partial charge in [0.25, 0.3) is 0 Å². The molecule has 2 heterocycles. The van der Waals surface area contributed by atoms with Crippen molar-refractivity contribution in [3.05, 3.63) is 0 Å². The van der Waals surface area contributed by atoms with E-state index in [0.717, 1.165) is 24.3 Å². The molecule has 4 nitrogen and oxygen atoms in total. The molecule has 21 heavy (non-hydrogen) atoms. The smallest absolute Gasteiger partial charge is 0.193 e. The topological polar surface area (TPSA) is 43.2 Å². The largest absolute Gasteiger partial charge is 0.479 e. The van der Waals surface area contributed by atoms with Crippen LogP contribution in [0.25, 0.3) is 0 Å². The molecule has 0 aliphatic carbocycles. The summed E-state index contributed by atoms with van der Waals surface area (Å²) in [5, 5.41) is 0. The van der Waals surface area contributed by atoms with Crippen LogP contribution in [0.3, 0.4) is 0 Å². The maximum atomic E-state index is 5.54. The minimum absolute atomic E-state index is 0.167. The third-order valence-electron chi connectivity index (χ3n) is 2.66. The Balaban J connectivity index is 0.000000579. The van der Waals surface area contributed by atoms with Crippen LogP contribution in [-0.2, 0) is 9.47 Å². The first-order chi connectivity index (χ1) is 9.79. The fourth-order valence-corrected chi connectivity index (χ4v) is 1.58. The molecule has 4 heteroatoms. The number of hydrogen-bond acceptors (Lipinski definition) is 4. The van der Waals surface area contributed by atoms with E-state index in [1.54, 1.807) is 0 Å². The molecule has 0 saturated heterocycles. The van der Waals surface area contributed by atoms with Crippen molar-refractivity contribution in [1.29, 1.82) is 0 Å². The van der Waals surface area contributed by atoms with Crippen molar-refractivity contribution in [2.45, 2.75) is 67.9 Å². The van der Waals surface area contributed by atoms with Crippen molar-refractivity contribution in [2.75, 3.05) is 19.8 Å². The first-order valence-corrected chi connectivity index (χ1v) is 8.14. The monoisotopic (exact) mass is 298 g/mol. The van der Waals surface area contributed by atoms with Gasteiger partial charge in [-0.3, -0.25) is 4.99 Å². The maximum absolute atomic E-state index is 5.54. The Morgan fingerprint density at radius 3 is 2.05 bits per heavy atom. The summed E-state index contributed by atoms with van der Waals surface area (Å²) in [6, 6.07) is 0.259. The molecule has 2 rings (SSSR count). The van der Waals surface area contributed by atoms with Crippen LogP contribution in [0.1, 0.15) is 61.8 Å². The standard InChI is InChI=1S/C11H18N2O2.C4H10.C2H6/c1-11(2,3)8-7-15-10(13-8)6-9-12-4-5-14-9;1-4(2)3;1-2/h8H,4-7H2,1-3H3;4H,1-3H3;1-2H3. The van der Waals surface area contributed by atoms with Crippen LogP contribution in [0.15, 0.2) is 9.98 Å². The van der Waals surface area contributed by atoms with E-state index in [-0.39, 0.29) is 11.5 Å². The summed E-state index contributed by atoms with van der Waals surface area (Å²) in [4.78, 5) is 8.78. The van der Waals surface area contributed by atoms with Crippen molar-refractivity contribution >= 4 is 11.8 Å². The van der Waals surface area contributed by atoms with Gasteiger partial charge in [-0.25, -0.2) is 4.99 Å². The van der Waals surface area contributed by atoms with E-state index in [2.05, 4.69) is 51.5 Å². The third-order valence-corrected chi connectivity index (χ3v) is 2.66. The van der Waals surface area contributed by atoms with Crippen LogP contribution in [0.5, 0.6) is 0 Å². The molecule has 0 saturated carbocycles. The van der Waals surface area contributed by atoms with Gasteiger partial charge >= 0.3 is 0 Å². The normalized spacial score (nSPS) is 20.3. The van der Waals surface area contributed by atoms with Gasteiger partial charge in [0, 0.05) is 0 Å². The Labute approximate surface area is 131 Å². The molecule has 2 aliphatic heterocycles. The van der Waals surface area contributed by atoms with Gasteiger partial charge in [0.05, 0.1) is 19.0 Å². The van der Waals surface area contributed by atoms with E-state index in [1.165, 1.54) is 0 Å². The van der Waals surface area contributed by atoms with Crippen molar-refractivity contribution in [1.82, 2.24) is 0 Å². The van der Waals surface area contributed by atoms with E-state index >= 15 is 0 Å². The molecule has 0 N–H and O–H groups in total. The summed E-state index contributed by atoms with van der Waals surface area (Å²) < 4.78 is 10.9. The summed E-state index contributed by atoms with van der Waals surface area (Å²) in [7, 11) is 0. The van der Waals surface area contributed by atoms with Gasteiger partial charge in [0.2, 0.25) is 0 Å². The SMILES string of the molecule is CC.CC(C)(C)C1COC(CC2=NCCO2)=N1.CC(C)C. The number of rotatable bonds is 2. The second-order valence-corrected chi connectivity index (χ2v) is 6.75. The Morgan fingerprint density at radius 1 is 1.10 bits per heavy atom. The van der Waals surface area contributed by atoms with Gasteiger partial charge < -0.3 is 9.47 Å². The van der Waals surface area contributed by atoms with Gasteiger partial charge in [0.15, 0.2) is 11.8 Å². The van der Waals surface area contributed by atoms with Crippen molar-refractivity contribution in [2.24, 2.45) is 21.3 Å². The molecular weight excluding hydrogens is 264 g/mol. The van der Waals surface area contributed by atoms with Crippen LogP contribution in [-0.4, -0.2) is 37.6 Å². The molecule has 0 fully saturated rings. The zero-order valence-electron chi connectivity index (χ0n) is 15.2. The summed E-state index contributed by atoms with van der Waals surface area (Å²) in [6.45, 7) is 19.2. The van der Waals surface area contributed by atoms with E-state index in [4.69, 9.17) is 9.47 Å². The molecule has 0 aromatic rings. The first kappa shape index (κ1) is 19.9. The van der Waals surface area contributed by atoms with Crippen molar-refractivity contribution < 1.29 is 9.47 Å². The fraction of sp³-hybridized carbons (Fsp3) is 0.882. The summed E-state index contributed by atoms with van der Waals surface area (Å²) in [6.07, 6.45) is 0.618. The molecule has 0 amide bonds. The van der Waals surface area contributed by atoms with Gasteiger partial charge in [-0.2, -0.15) is 0 Å². The quantitative estimate of drug-likeness (QED) is 0.761. The minimum atomic E-state index is 0.167. The van der Waals surface area contributed by atoms with Crippen LogP contribution in [0.4, 0.5) is 0 Å². The highest BCUT2D eigenvalue weighted by Gasteiger charge is 2.30. The summed E-state index contributed by atoms with van der Waals surface area (Å²) in [5.74, 6) is 2.37. The predicted molar refractivity (Wildman–Crippen MR) is 91.4 cm³/mol. The van der Waals surface area contributed by atoms with Gasteiger partial charge in [-0.15, -0.1) is 0 Å². The lowest BCUT2D eigenvalue weighted by atomic mass is 9.88. The Bertz CT molecular complexity index is 338. The van der Waals surface area contributed by atoms with Crippen molar-refractivity contribution in [3.8, 4) is 0 Å². The zero-order chi connectivity index (χ0) is 16.5. The molecule has 0 radical (unpaired) electrons. The average Bonchev–Trinajstić information content (AvgIpc) is 3.02. The average molecular weight is 298 g/mol. The van der Waals surface area contributed by atoms with E-state index in [9.17, 15) is 0 Å². The molecule has 0 spiro atoms. The van der Waals surface area contributed by atoms with Crippen LogP contribution >= 0.6 is 0 Å². The van der Waals surface area contributed by atoms with E-state index in [1.807, 2.05) is 13.8 Å². The second kappa shape index (κ2) is 9.80. The van der Waals surface area contributed by atoms with Crippen molar-refractivity contribution in [3.63, 3.8) is 0 Å². The Kier molecular flexibility index (Phi) is 9.31. The number of aliphatic imine (C=N–C) groups is 2. The highest BCUT2D eigenvalue weighted by Crippen LogP contribution is 2.26. The molecule has 0 aromatic carbocycles. The second-order valence-electron chi connectivity index (χ2n) is 6.75. The molecule has 1 unspecified atom stereocenters. The van der Waals surface area contributed by atoms with Gasteiger partial charge in [0.1, 0.15) is 13.2 Å². The first-order valence-electron chi connectivity index (χ1n) is 8.14. The van der Waals surface area contributed by atoms with Crippen LogP contribution in [0.2, 0.25) is 0 Å². The fourth-order valence-electron chi connectivity index (χ4n) is 1.58. The van der Waals surface area contributed by atoms with Gasteiger partial charge in [-0.05, 0) is 11.3 Å². The highest BCUT2D eigenvalue weighted by molar-refractivity contribution is 5.98. The Hall–Kier alpha value is -1.06. The lowest BCUT2D eigenvalue weighted by Crippen LogP contribution is -2.25. The summed E-state index contributed by atoms with van der Waals surface area (Å²) in [5.41, 5.74) is 0.167. The molecule has 0 aromatic heterocycles. The zero-order valence-corrected chi connectivity index (χ0v) is 15.2. The number of ether oxygens (including phenoxy) is 2. The predicted octanol–water partition coefficient (Wildman–Crippen LogP) is 4.34. The Morgan fingerprint density at radius 2 is 1.67 bits per heavy atom. The molecular formula is C17H34N2O2. The third kappa shape index (κ3) is 8.74.